The highest BCUT2D eigenvalue weighted by molar-refractivity contribution is 6.03. The van der Waals surface area contributed by atoms with E-state index in [1.54, 1.807) is 0 Å². The molecule has 0 bridgehead atoms. The molecule has 0 atom stereocenters. The fourth-order valence-corrected chi connectivity index (χ4v) is 2.18. The number of hydrogen-bond acceptors (Lipinski definition) is 6. The minimum absolute atomic E-state index is 0.0790. The molecule has 0 saturated carbocycles. The van der Waals surface area contributed by atoms with Gasteiger partial charge in [0.2, 0.25) is 0 Å². The molecule has 25 heavy (non-hydrogen) atoms. The fraction of sp³-hybridized carbons (Fsp3) is 0. The van der Waals surface area contributed by atoms with E-state index < -0.39 is 10.8 Å². The van der Waals surface area contributed by atoms with Crippen LogP contribution in [-0.2, 0) is 0 Å². The summed E-state index contributed by atoms with van der Waals surface area (Å²) < 4.78 is 0. The van der Waals surface area contributed by atoms with E-state index in [0.29, 0.717) is 16.9 Å². The van der Waals surface area contributed by atoms with E-state index in [9.17, 15) is 25.1 Å². The van der Waals surface area contributed by atoms with Crippen LogP contribution < -0.4 is 5.32 Å². The minimum Gasteiger partial charge on any atom is -0.508 e. The zero-order valence-electron chi connectivity index (χ0n) is 12.6. The Morgan fingerprint density at radius 2 is 1.84 bits per heavy atom. The van der Waals surface area contributed by atoms with E-state index in [2.05, 4.69) is 15.5 Å². The molecule has 1 heterocycles. The van der Waals surface area contributed by atoms with E-state index in [0.717, 1.165) is 0 Å². The SMILES string of the molecule is O=C(Nc1ccc([N+](=O)[O-])cc1)c1cc(-c2ccc(O)cc2O)n[nH]1. The lowest BCUT2D eigenvalue weighted by Gasteiger charge is -2.02. The van der Waals surface area contributed by atoms with Gasteiger partial charge in [-0.3, -0.25) is 20.0 Å². The number of carbonyl (C=O) groups is 1. The van der Waals surface area contributed by atoms with Crippen LogP contribution in [0.5, 0.6) is 11.5 Å². The molecule has 0 aliphatic heterocycles. The Balaban J connectivity index is 1.77. The van der Waals surface area contributed by atoms with Crippen LogP contribution in [0.3, 0.4) is 0 Å². The van der Waals surface area contributed by atoms with E-state index in [-0.39, 0.29) is 22.9 Å². The maximum absolute atomic E-state index is 12.2. The largest absolute Gasteiger partial charge is 0.508 e. The topological polar surface area (TPSA) is 141 Å². The number of aromatic nitrogens is 2. The molecular weight excluding hydrogens is 328 g/mol. The van der Waals surface area contributed by atoms with E-state index in [1.165, 1.54) is 48.5 Å². The second-order valence-electron chi connectivity index (χ2n) is 5.13. The Morgan fingerprint density at radius 3 is 2.48 bits per heavy atom. The van der Waals surface area contributed by atoms with Crippen LogP contribution in [-0.4, -0.2) is 31.2 Å². The van der Waals surface area contributed by atoms with Gasteiger partial charge in [-0.05, 0) is 30.3 Å². The van der Waals surface area contributed by atoms with Crippen LogP contribution in [0.2, 0.25) is 0 Å². The lowest BCUT2D eigenvalue weighted by molar-refractivity contribution is -0.384. The number of nitrogens with one attached hydrogen (secondary N) is 2. The van der Waals surface area contributed by atoms with Gasteiger partial charge in [0.1, 0.15) is 17.2 Å². The molecule has 1 aromatic heterocycles. The number of rotatable bonds is 4. The summed E-state index contributed by atoms with van der Waals surface area (Å²) in [5.41, 5.74) is 1.12. The molecule has 0 fully saturated rings. The third-order valence-corrected chi connectivity index (χ3v) is 3.42. The number of carbonyl (C=O) groups excluding carboxylic acids is 1. The first-order chi connectivity index (χ1) is 11.9. The van der Waals surface area contributed by atoms with Gasteiger partial charge < -0.3 is 15.5 Å². The Hall–Kier alpha value is -3.88. The molecule has 0 saturated heterocycles. The molecule has 0 spiro atoms. The van der Waals surface area contributed by atoms with Gasteiger partial charge in [0.25, 0.3) is 11.6 Å². The van der Waals surface area contributed by atoms with Crippen molar-refractivity contribution in [1.82, 2.24) is 10.2 Å². The average Bonchev–Trinajstić information content (AvgIpc) is 3.05. The standard InChI is InChI=1S/C16H12N4O5/c21-11-5-6-12(15(22)7-11)13-8-14(19-18-13)16(23)17-9-1-3-10(4-2-9)20(24)25/h1-8,21-22H,(H,17,23)(H,18,19). The number of hydrogen-bond donors (Lipinski definition) is 4. The lowest BCUT2D eigenvalue weighted by Crippen LogP contribution is -2.12. The summed E-state index contributed by atoms with van der Waals surface area (Å²) in [6, 6.07) is 10.9. The number of phenolic OH excluding ortho intramolecular Hbond substituents is 2. The van der Waals surface area contributed by atoms with Gasteiger partial charge in [0.05, 0.1) is 10.6 Å². The van der Waals surface area contributed by atoms with Crippen LogP contribution in [0.25, 0.3) is 11.3 Å². The van der Waals surface area contributed by atoms with E-state index in [1.807, 2.05) is 0 Å². The Labute approximate surface area is 140 Å². The summed E-state index contributed by atoms with van der Waals surface area (Å²) in [5.74, 6) is -0.757. The molecule has 1 amide bonds. The van der Waals surface area contributed by atoms with Crippen molar-refractivity contribution >= 4 is 17.3 Å². The number of H-pyrrole nitrogens is 1. The number of phenols is 2. The van der Waals surface area contributed by atoms with Gasteiger partial charge in [-0.1, -0.05) is 0 Å². The second kappa shape index (κ2) is 6.32. The van der Waals surface area contributed by atoms with Gasteiger partial charge in [-0.2, -0.15) is 5.10 Å². The molecule has 0 aliphatic rings. The van der Waals surface area contributed by atoms with Crippen LogP contribution in [0.1, 0.15) is 10.5 Å². The highest BCUT2D eigenvalue weighted by atomic mass is 16.6. The molecule has 3 aromatic rings. The van der Waals surface area contributed by atoms with Gasteiger partial charge >= 0.3 is 0 Å². The molecule has 126 valence electrons. The second-order valence-corrected chi connectivity index (χ2v) is 5.13. The number of aromatic hydroxyl groups is 2. The number of anilines is 1. The summed E-state index contributed by atoms with van der Waals surface area (Å²) in [6.45, 7) is 0. The predicted molar refractivity (Wildman–Crippen MR) is 88.4 cm³/mol. The average molecular weight is 340 g/mol. The van der Waals surface area contributed by atoms with Crippen molar-refractivity contribution in [2.45, 2.75) is 0 Å². The maximum atomic E-state index is 12.2. The van der Waals surface area contributed by atoms with Crippen molar-refractivity contribution < 1.29 is 19.9 Å². The number of aromatic amines is 1. The van der Waals surface area contributed by atoms with E-state index in [4.69, 9.17) is 0 Å². The van der Waals surface area contributed by atoms with Crippen molar-refractivity contribution in [2.75, 3.05) is 5.32 Å². The normalized spacial score (nSPS) is 10.4. The monoisotopic (exact) mass is 340 g/mol. The van der Waals surface area contributed by atoms with Crippen LogP contribution in [0.4, 0.5) is 11.4 Å². The summed E-state index contributed by atoms with van der Waals surface area (Å²) in [6.07, 6.45) is 0. The summed E-state index contributed by atoms with van der Waals surface area (Å²) >= 11 is 0. The fourth-order valence-electron chi connectivity index (χ4n) is 2.18. The first-order valence-electron chi connectivity index (χ1n) is 7.07. The predicted octanol–water partition coefficient (Wildman–Crippen LogP) is 2.65. The van der Waals surface area contributed by atoms with E-state index >= 15 is 0 Å². The quantitative estimate of drug-likeness (QED) is 0.425. The Bertz CT molecular complexity index is 949. The number of amides is 1. The number of nitro benzene ring substituents is 1. The van der Waals surface area contributed by atoms with Crippen LogP contribution in [0, 0.1) is 10.1 Å². The zero-order chi connectivity index (χ0) is 18.0. The number of benzene rings is 2. The summed E-state index contributed by atoms with van der Waals surface area (Å²) in [5, 5.41) is 38.8. The molecule has 0 radical (unpaired) electrons. The van der Waals surface area contributed by atoms with Gasteiger partial charge in [0.15, 0.2) is 0 Å². The number of nitrogens with zero attached hydrogens (tertiary/aromatic N) is 2. The molecule has 9 heteroatoms. The molecule has 0 aliphatic carbocycles. The first kappa shape index (κ1) is 16.0. The molecule has 3 rings (SSSR count). The summed E-state index contributed by atoms with van der Waals surface area (Å²) in [4.78, 5) is 22.3. The smallest absolute Gasteiger partial charge is 0.273 e. The van der Waals surface area contributed by atoms with Gasteiger partial charge in [-0.25, -0.2) is 0 Å². The Kier molecular flexibility index (Phi) is 4.04. The van der Waals surface area contributed by atoms with Crippen LogP contribution in [0.15, 0.2) is 48.5 Å². The highest BCUT2D eigenvalue weighted by Gasteiger charge is 2.14. The van der Waals surface area contributed by atoms with Crippen molar-refractivity contribution in [3.8, 4) is 22.8 Å². The van der Waals surface area contributed by atoms with Gasteiger partial charge in [0, 0.05) is 29.4 Å². The third-order valence-electron chi connectivity index (χ3n) is 3.42. The molecule has 2 aromatic carbocycles. The number of nitro groups is 1. The van der Waals surface area contributed by atoms with Crippen molar-refractivity contribution in [1.29, 1.82) is 0 Å². The molecule has 0 unspecified atom stereocenters. The first-order valence-corrected chi connectivity index (χ1v) is 7.07. The molecule has 9 nitrogen and oxygen atoms in total. The molecule has 4 N–H and O–H groups in total. The lowest BCUT2D eigenvalue weighted by atomic mass is 10.1. The zero-order valence-corrected chi connectivity index (χ0v) is 12.6. The summed E-state index contributed by atoms with van der Waals surface area (Å²) in [7, 11) is 0. The molecular formula is C16H12N4O5. The van der Waals surface area contributed by atoms with Crippen molar-refractivity contribution in [3.05, 3.63) is 64.3 Å². The third kappa shape index (κ3) is 3.39. The van der Waals surface area contributed by atoms with Crippen LogP contribution >= 0.6 is 0 Å². The Morgan fingerprint density at radius 1 is 1.12 bits per heavy atom. The number of non-ortho nitro benzene ring substituents is 1. The van der Waals surface area contributed by atoms with Crippen molar-refractivity contribution in [3.63, 3.8) is 0 Å². The maximum Gasteiger partial charge on any atom is 0.273 e. The van der Waals surface area contributed by atoms with Gasteiger partial charge in [-0.15, -0.1) is 0 Å². The van der Waals surface area contributed by atoms with Crippen molar-refractivity contribution in [2.24, 2.45) is 0 Å². The minimum atomic E-state index is -0.531. The highest BCUT2D eigenvalue weighted by Crippen LogP contribution is 2.31.